The second kappa shape index (κ2) is 16.7. The predicted molar refractivity (Wildman–Crippen MR) is 240 cm³/mol. The number of ether oxygens (including phenoxy) is 2. The number of fused-ring (bicyclic) bond motifs is 8. The fraction of sp³-hybridized carbons (Fsp3) is 0.820. The van der Waals surface area contributed by atoms with Crippen LogP contribution in [0.25, 0.3) is 0 Å². The van der Waals surface area contributed by atoms with E-state index in [1.54, 1.807) is 12.5 Å². The number of H-pyrrole nitrogens is 1. The van der Waals surface area contributed by atoms with Crippen LogP contribution in [-0.2, 0) is 24.5 Å². The SMILES string of the molecule is CC1(CO)CCC2(C(=O)O)CCC3(C)C(=CCC4C5(C)C(C6C=CC(CCCN)(c7cnc[nH]7)C7NC(=O)C(CO)C67)C(O)C(OC6OCC(O)C(O)C6O)C(C)(CO)C5CCC43C)C2C1. The number of hydrogen-bond donors (Lipinski definition) is 11. The Morgan fingerprint density at radius 3 is 2.36 bits per heavy atom. The van der Waals surface area contributed by atoms with Crippen molar-refractivity contribution in [2.75, 3.05) is 33.0 Å². The van der Waals surface area contributed by atoms with E-state index in [9.17, 15) is 50.4 Å². The average molecular weight is 925 g/mol. The topological polar surface area (TPSA) is 281 Å². The molecule has 1 aromatic rings. The molecular weight excluding hydrogens is 849 g/mol. The molecule has 6 fully saturated rings. The Hall–Kier alpha value is -2.77. The second-order valence-corrected chi connectivity index (χ2v) is 23.5. The van der Waals surface area contributed by atoms with E-state index in [0.29, 0.717) is 64.3 Å². The number of carbonyl (C=O) groups excluding carboxylic acids is 1. The lowest BCUT2D eigenvalue weighted by atomic mass is 9.31. The Balaban J connectivity index is 1.23. The highest BCUT2D eigenvalue weighted by atomic mass is 16.7. The molecule has 0 radical (unpaired) electrons. The zero-order chi connectivity index (χ0) is 47.6. The number of aromatic amines is 1. The van der Waals surface area contributed by atoms with Gasteiger partial charge in [0.25, 0.3) is 0 Å². The van der Waals surface area contributed by atoms with Gasteiger partial charge in [-0.05, 0) is 122 Å². The molecule has 12 N–H and O–H groups in total. The van der Waals surface area contributed by atoms with Crippen LogP contribution in [-0.4, -0.2) is 139 Å². The Kier molecular flexibility index (Phi) is 12.2. The summed E-state index contributed by atoms with van der Waals surface area (Å²) in [4.78, 5) is 35.4. The number of aliphatic hydroxyl groups excluding tert-OH is 7. The van der Waals surface area contributed by atoms with Crippen molar-refractivity contribution >= 4 is 11.9 Å². The molecule has 1 aromatic heterocycles. The molecule has 9 rings (SSSR count). The lowest BCUT2D eigenvalue weighted by Gasteiger charge is -2.74. The number of allylic oxidation sites excluding steroid dienone is 3. The summed E-state index contributed by atoms with van der Waals surface area (Å²) in [7, 11) is 0. The quantitative estimate of drug-likeness (QED) is 0.112. The molecule has 0 aromatic carbocycles. The minimum absolute atomic E-state index is 0.0228. The first-order valence-corrected chi connectivity index (χ1v) is 24.7. The smallest absolute Gasteiger partial charge is 0.310 e. The second-order valence-electron chi connectivity index (χ2n) is 23.5. The van der Waals surface area contributed by atoms with Crippen molar-refractivity contribution in [3.8, 4) is 0 Å². The minimum Gasteiger partial charge on any atom is -0.481 e. The minimum atomic E-state index is -1.66. The number of carboxylic acids is 1. The van der Waals surface area contributed by atoms with Crippen molar-refractivity contribution in [1.82, 2.24) is 15.3 Å². The Morgan fingerprint density at radius 1 is 0.970 bits per heavy atom. The normalized spacial score (nSPS) is 52.0. The van der Waals surface area contributed by atoms with Gasteiger partial charge in [-0.15, -0.1) is 0 Å². The van der Waals surface area contributed by atoms with E-state index >= 15 is 0 Å². The number of carboxylic acid groups (broad SMARTS) is 1. The largest absolute Gasteiger partial charge is 0.481 e. The highest BCUT2D eigenvalue weighted by Crippen LogP contribution is 2.78. The van der Waals surface area contributed by atoms with E-state index in [-0.39, 0.29) is 36.9 Å². The maximum atomic E-state index is 14.3. The summed E-state index contributed by atoms with van der Waals surface area (Å²) in [6, 6.07) is -0.538. The monoisotopic (exact) mass is 925 g/mol. The van der Waals surface area contributed by atoms with E-state index in [1.165, 1.54) is 0 Å². The summed E-state index contributed by atoms with van der Waals surface area (Å²) >= 11 is 0. The van der Waals surface area contributed by atoms with Crippen LogP contribution in [0.4, 0.5) is 0 Å². The van der Waals surface area contributed by atoms with Crippen molar-refractivity contribution in [1.29, 1.82) is 0 Å². The van der Waals surface area contributed by atoms with Crippen LogP contribution in [0, 0.1) is 73.9 Å². The van der Waals surface area contributed by atoms with E-state index in [2.05, 4.69) is 61.2 Å². The number of amides is 1. The molecule has 0 bridgehead atoms. The van der Waals surface area contributed by atoms with Crippen LogP contribution in [0.2, 0.25) is 0 Å². The van der Waals surface area contributed by atoms with Gasteiger partial charge in [-0.1, -0.05) is 58.4 Å². The van der Waals surface area contributed by atoms with E-state index in [1.807, 2.05) is 6.92 Å². The summed E-state index contributed by atoms with van der Waals surface area (Å²) in [6.45, 7) is 10.1. The van der Waals surface area contributed by atoms with Crippen molar-refractivity contribution < 1.29 is 59.9 Å². The van der Waals surface area contributed by atoms with Gasteiger partial charge in [0.05, 0.1) is 55.1 Å². The van der Waals surface area contributed by atoms with Gasteiger partial charge in [0, 0.05) is 35.9 Å². The summed E-state index contributed by atoms with van der Waals surface area (Å²) in [6.07, 6.45) is 7.35. The van der Waals surface area contributed by atoms with Gasteiger partial charge in [-0.25, -0.2) is 4.98 Å². The Morgan fingerprint density at radius 2 is 1.71 bits per heavy atom. The van der Waals surface area contributed by atoms with Crippen LogP contribution in [0.1, 0.15) is 105 Å². The highest BCUT2D eigenvalue weighted by Gasteiger charge is 2.75. The Bertz CT molecular complexity index is 2070. The molecule has 0 spiro atoms. The molecule has 4 saturated carbocycles. The van der Waals surface area contributed by atoms with Gasteiger partial charge in [0.2, 0.25) is 5.91 Å². The van der Waals surface area contributed by atoms with Crippen molar-refractivity contribution in [2.45, 2.75) is 147 Å². The van der Waals surface area contributed by atoms with Crippen LogP contribution in [0.15, 0.2) is 36.3 Å². The lowest BCUT2D eigenvalue weighted by Crippen LogP contribution is -2.74. The molecule has 3 heterocycles. The number of aliphatic hydroxyl groups is 7. The molecule has 1 amide bonds. The third-order valence-electron chi connectivity index (χ3n) is 20.9. The fourth-order valence-corrected chi connectivity index (χ4v) is 17.1. The number of carbonyl (C=O) groups is 2. The van der Waals surface area contributed by atoms with E-state index in [0.717, 1.165) is 17.7 Å². The van der Waals surface area contributed by atoms with Gasteiger partial charge < -0.3 is 66.4 Å². The number of aromatic nitrogens is 2. The molecule has 368 valence electrons. The lowest BCUT2D eigenvalue weighted by molar-refractivity contribution is -0.343. The third kappa shape index (κ3) is 6.47. The highest BCUT2D eigenvalue weighted by molar-refractivity contribution is 5.83. The van der Waals surface area contributed by atoms with E-state index < -0.39 is 124 Å². The molecular formula is C50H76N4O12. The number of nitrogens with two attached hydrogens (primary N) is 1. The fourth-order valence-electron chi connectivity index (χ4n) is 17.1. The summed E-state index contributed by atoms with van der Waals surface area (Å²) in [5, 5.41) is 94.0. The third-order valence-corrected chi connectivity index (χ3v) is 20.9. The van der Waals surface area contributed by atoms with Gasteiger partial charge in [-0.3, -0.25) is 9.59 Å². The van der Waals surface area contributed by atoms with Crippen molar-refractivity contribution in [2.24, 2.45) is 79.6 Å². The molecule has 8 aliphatic rings. The van der Waals surface area contributed by atoms with Gasteiger partial charge in [0.15, 0.2) is 6.29 Å². The van der Waals surface area contributed by atoms with Crippen LogP contribution >= 0.6 is 0 Å². The molecule has 2 aliphatic heterocycles. The van der Waals surface area contributed by atoms with Crippen LogP contribution < -0.4 is 11.1 Å². The molecule has 6 aliphatic carbocycles. The number of rotatable bonds is 11. The van der Waals surface area contributed by atoms with Crippen molar-refractivity contribution in [3.05, 3.63) is 42.0 Å². The summed E-state index contributed by atoms with van der Waals surface area (Å²) in [5.41, 5.74) is 3.13. The molecule has 2 saturated heterocycles. The van der Waals surface area contributed by atoms with Crippen molar-refractivity contribution in [3.63, 3.8) is 0 Å². The number of imidazole rings is 1. The maximum Gasteiger partial charge on any atom is 0.310 e. The maximum absolute atomic E-state index is 14.3. The van der Waals surface area contributed by atoms with Crippen LogP contribution in [0.3, 0.4) is 0 Å². The standard InChI is InChI=1S/C50H76N4O12/c1-44(23-56)14-16-49(43(63)64)17-15-46(3)28(29(49)19-44)7-8-32-47(46,4)12-10-31-45(2,24-57)40(66-42-38(61)36(59)30(58)22-65-42)37(60)35(48(31,32)5)26-9-13-50(11-6-18-51,33-20-52-25-53-33)39-34(26)27(21-55)41(62)54-39/h7,9,13,20,25-27,29-32,34-40,42,55-61H,6,8,10-12,14-19,21-24,51H2,1-5H3,(H,52,53)(H,54,62)(H,63,64). The zero-order valence-electron chi connectivity index (χ0n) is 39.3. The molecule has 16 heteroatoms. The number of nitrogens with one attached hydrogen (secondary N) is 2. The zero-order valence-corrected chi connectivity index (χ0v) is 39.3. The number of aliphatic carboxylic acids is 1. The van der Waals surface area contributed by atoms with Crippen LogP contribution in [0.5, 0.6) is 0 Å². The first-order chi connectivity index (χ1) is 31.2. The Labute approximate surface area is 387 Å². The van der Waals surface area contributed by atoms with E-state index in [4.69, 9.17) is 15.2 Å². The summed E-state index contributed by atoms with van der Waals surface area (Å²) in [5.74, 6) is -4.40. The first-order valence-electron chi connectivity index (χ1n) is 24.7. The molecule has 21 unspecified atom stereocenters. The molecule has 21 atom stereocenters. The first kappa shape index (κ1) is 48.3. The van der Waals surface area contributed by atoms with Gasteiger partial charge in [-0.2, -0.15) is 0 Å². The predicted octanol–water partition coefficient (Wildman–Crippen LogP) is 2.15. The average Bonchev–Trinajstić information content (AvgIpc) is 3.96. The summed E-state index contributed by atoms with van der Waals surface area (Å²) < 4.78 is 12.5. The van der Waals surface area contributed by atoms with Gasteiger partial charge >= 0.3 is 5.97 Å². The molecule has 16 nitrogen and oxygen atoms in total. The van der Waals surface area contributed by atoms with Gasteiger partial charge in [0.1, 0.15) is 18.3 Å². The molecule has 66 heavy (non-hydrogen) atoms. The number of nitrogens with zero attached hydrogens (tertiary/aromatic N) is 1. The number of hydrogen-bond acceptors (Lipinski definition) is 13.